The molecule has 3 rings (SSSR count). The van der Waals surface area contributed by atoms with Crippen molar-refractivity contribution < 1.29 is 19.1 Å². The van der Waals surface area contributed by atoms with Crippen molar-refractivity contribution in [2.45, 2.75) is 66.2 Å². The van der Waals surface area contributed by atoms with Crippen LogP contribution in [-0.2, 0) is 9.59 Å². The molecule has 194 valence electrons. The van der Waals surface area contributed by atoms with Crippen LogP contribution < -0.4 is 5.32 Å². The van der Waals surface area contributed by atoms with Crippen molar-refractivity contribution in [2.75, 3.05) is 6.54 Å². The van der Waals surface area contributed by atoms with E-state index >= 15 is 0 Å². The molecule has 1 aliphatic heterocycles. The molecule has 9 heteroatoms. The van der Waals surface area contributed by atoms with Gasteiger partial charge in [-0.25, -0.2) is 9.37 Å². The highest BCUT2D eigenvalue weighted by Gasteiger charge is 2.45. The third kappa shape index (κ3) is 5.83. The van der Waals surface area contributed by atoms with Crippen LogP contribution in [0.4, 0.5) is 4.39 Å². The second-order valence-electron chi connectivity index (χ2n) is 9.82. The third-order valence-corrected chi connectivity index (χ3v) is 7.57. The monoisotopic (exact) mass is 514 g/mol. The van der Waals surface area contributed by atoms with E-state index < -0.39 is 36.0 Å². The molecule has 3 N–H and O–H groups in total. The number of nitrogens with zero attached hydrogens (tertiary/aromatic N) is 2. The molecule has 0 saturated carbocycles. The van der Waals surface area contributed by atoms with Gasteiger partial charge in [-0.3, -0.25) is 9.59 Å². The Morgan fingerprint density at radius 2 is 2.00 bits per heavy atom. The molecule has 0 bridgehead atoms. The predicted molar refractivity (Wildman–Crippen MR) is 141 cm³/mol. The lowest BCUT2D eigenvalue weighted by molar-refractivity contribution is -0.143. The number of alkyl halides is 1. The molecule has 2 amide bonds. The number of benzene rings is 1. The van der Waals surface area contributed by atoms with Crippen molar-refractivity contribution in [3.05, 3.63) is 52.4 Å². The average Bonchev–Trinajstić information content (AvgIpc) is 3.38. The van der Waals surface area contributed by atoms with E-state index in [0.29, 0.717) is 0 Å². The minimum absolute atomic E-state index is 0.0546. The number of aliphatic hydroxyl groups is 1. The SMILES string of the molecule is CC(=N)/C=C(\O)C(C(=O)N1CC[C@H](F)C1C(=O)NC(C)c1ccc(-c2scnc2C)cc1C)C(C)C. The maximum absolute atomic E-state index is 14.9. The highest BCUT2D eigenvalue weighted by atomic mass is 32.1. The summed E-state index contributed by atoms with van der Waals surface area (Å²) in [7, 11) is 0. The van der Waals surface area contributed by atoms with Gasteiger partial charge in [0.25, 0.3) is 0 Å². The molecular formula is C27H35FN4O3S. The number of aromatic nitrogens is 1. The van der Waals surface area contributed by atoms with Crippen LogP contribution in [-0.4, -0.2) is 51.3 Å². The van der Waals surface area contributed by atoms with Crippen LogP contribution in [0, 0.1) is 31.1 Å². The van der Waals surface area contributed by atoms with Crippen LogP contribution in [0.1, 0.15) is 57.0 Å². The molecule has 3 unspecified atom stereocenters. The van der Waals surface area contributed by atoms with Gasteiger partial charge in [0, 0.05) is 12.3 Å². The van der Waals surface area contributed by atoms with Crippen LogP contribution in [0.5, 0.6) is 0 Å². The van der Waals surface area contributed by atoms with Crippen LogP contribution in [0.25, 0.3) is 10.4 Å². The summed E-state index contributed by atoms with van der Waals surface area (Å²) in [5.41, 5.74) is 5.82. The predicted octanol–water partition coefficient (Wildman–Crippen LogP) is 5.30. The summed E-state index contributed by atoms with van der Waals surface area (Å²) < 4.78 is 14.9. The zero-order valence-electron chi connectivity index (χ0n) is 21.6. The summed E-state index contributed by atoms with van der Waals surface area (Å²) in [4.78, 5) is 33.2. The van der Waals surface area contributed by atoms with Gasteiger partial charge in [0.05, 0.1) is 28.0 Å². The Kier molecular flexibility index (Phi) is 8.66. The first-order valence-corrected chi connectivity index (χ1v) is 13.0. The Bertz CT molecular complexity index is 1180. The zero-order valence-corrected chi connectivity index (χ0v) is 22.4. The molecular weight excluding hydrogens is 479 g/mol. The van der Waals surface area contributed by atoms with Crippen molar-refractivity contribution in [3.8, 4) is 10.4 Å². The van der Waals surface area contributed by atoms with Crippen LogP contribution in [0.2, 0.25) is 0 Å². The van der Waals surface area contributed by atoms with Gasteiger partial charge >= 0.3 is 0 Å². The quantitative estimate of drug-likeness (QED) is 0.328. The number of thiazole rings is 1. The van der Waals surface area contributed by atoms with E-state index in [1.165, 1.54) is 17.9 Å². The molecule has 7 nitrogen and oxygen atoms in total. The standard InChI is InChI=1S/C27H35FN4O3S/c1-14(2)23(22(33)12-16(4)29)27(35)32-10-9-21(28)24(32)26(34)31-17(5)20-8-7-19(11-15(20)3)25-18(6)30-13-36-25/h7-8,11-14,17,21,23-24,29,33H,9-10H2,1-6H3,(H,31,34)/b22-12-,29-16?/t17?,21-,23?,24?/m0/s1. The summed E-state index contributed by atoms with van der Waals surface area (Å²) in [6, 6.07) is 4.33. The number of carbonyl (C=O) groups is 2. The van der Waals surface area contributed by atoms with E-state index in [1.807, 2.05) is 38.4 Å². The van der Waals surface area contributed by atoms with Crippen molar-refractivity contribution in [1.82, 2.24) is 15.2 Å². The lowest BCUT2D eigenvalue weighted by Gasteiger charge is -2.31. The summed E-state index contributed by atoms with van der Waals surface area (Å²) in [6.45, 7) is 10.9. The van der Waals surface area contributed by atoms with Gasteiger partial charge < -0.3 is 20.7 Å². The summed E-state index contributed by atoms with van der Waals surface area (Å²) in [6.07, 6.45) is -0.218. The molecule has 36 heavy (non-hydrogen) atoms. The third-order valence-electron chi connectivity index (χ3n) is 6.59. The van der Waals surface area contributed by atoms with E-state index in [0.717, 1.165) is 27.3 Å². The first kappa shape index (κ1) is 27.5. The molecule has 0 radical (unpaired) electrons. The molecule has 1 aromatic carbocycles. The van der Waals surface area contributed by atoms with Gasteiger partial charge in [-0.1, -0.05) is 32.0 Å². The molecule has 1 aromatic heterocycles. The Morgan fingerprint density at radius 3 is 2.56 bits per heavy atom. The number of hydrogen-bond donors (Lipinski definition) is 3. The normalized spacial score (nSPS) is 19.9. The maximum atomic E-state index is 14.9. The number of hydrogen-bond acceptors (Lipinski definition) is 6. The maximum Gasteiger partial charge on any atom is 0.246 e. The summed E-state index contributed by atoms with van der Waals surface area (Å²) in [5, 5.41) is 21.0. The summed E-state index contributed by atoms with van der Waals surface area (Å²) >= 11 is 1.57. The number of aryl methyl sites for hydroxylation is 2. The van der Waals surface area contributed by atoms with Crippen molar-refractivity contribution in [3.63, 3.8) is 0 Å². The molecule has 1 fully saturated rings. The Labute approximate surface area is 215 Å². The number of carbonyl (C=O) groups excluding carboxylic acids is 2. The van der Waals surface area contributed by atoms with E-state index in [4.69, 9.17) is 5.41 Å². The first-order chi connectivity index (χ1) is 16.9. The lowest BCUT2D eigenvalue weighted by Crippen LogP contribution is -2.52. The highest BCUT2D eigenvalue weighted by molar-refractivity contribution is 7.13. The van der Waals surface area contributed by atoms with Crippen LogP contribution >= 0.6 is 11.3 Å². The minimum atomic E-state index is -1.50. The summed E-state index contributed by atoms with van der Waals surface area (Å²) in [5.74, 6) is -2.56. The fourth-order valence-electron chi connectivity index (χ4n) is 4.81. The van der Waals surface area contributed by atoms with Gasteiger partial charge in [-0.2, -0.15) is 0 Å². The number of amides is 2. The van der Waals surface area contributed by atoms with Crippen molar-refractivity contribution in [1.29, 1.82) is 5.41 Å². The van der Waals surface area contributed by atoms with Gasteiger partial charge in [-0.15, -0.1) is 11.3 Å². The molecule has 1 aliphatic rings. The number of allylic oxidation sites excluding steroid dienone is 1. The van der Waals surface area contributed by atoms with Gasteiger partial charge in [0.15, 0.2) is 0 Å². The molecule has 2 aromatic rings. The fraction of sp³-hybridized carbons (Fsp3) is 0.481. The molecule has 0 spiro atoms. The number of nitrogens with one attached hydrogen (secondary N) is 2. The molecule has 4 atom stereocenters. The molecule has 2 heterocycles. The van der Waals surface area contributed by atoms with Crippen molar-refractivity contribution >= 4 is 28.9 Å². The zero-order chi connectivity index (χ0) is 26.7. The van der Waals surface area contributed by atoms with Gasteiger partial charge in [0.2, 0.25) is 11.8 Å². The molecule has 1 saturated heterocycles. The van der Waals surface area contributed by atoms with Gasteiger partial charge in [0.1, 0.15) is 18.0 Å². The smallest absolute Gasteiger partial charge is 0.246 e. The lowest BCUT2D eigenvalue weighted by atomic mass is 9.91. The number of likely N-dealkylation sites (tertiary alicyclic amines) is 1. The minimum Gasteiger partial charge on any atom is -0.511 e. The Morgan fingerprint density at radius 1 is 1.31 bits per heavy atom. The number of rotatable bonds is 8. The van der Waals surface area contributed by atoms with Crippen LogP contribution in [0.15, 0.2) is 35.5 Å². The first-order valence-electron chi connectivity index (χ1n) is 12.1. The second-order valence-corrected chi connectivity index (χ2v) is 10.7. The van der Waals surface area contributed by atoms with Crippen molar-refractivity contribution in [2.24, 2.45) is 11.8 Å². The van der Waals surface area contributed by atoms with Crippen LogP contribution in [0.3, 0.4) is 0 Å². The largest absolute Gasteiger partial charge is 0.511 e. The Hall–Kier alpha value is -3.07. The van der Waals surface area contributed by atoms with E-state index in [1.54, 1.807) is 25.2 Å². The van der Waals surface area contributed by atoms with Gasteiger partial charge in [-0.05, 0) is 62.8 Å². The molecule has 0 aliphatic carbocycles. The highest BCUT2D eigenvalue weighted by Crippen LogP contribution is 2.32. The second kappa shape index (κ2) is 11.3. The average molecular weight is 515 g/mol. The van der Waals surface area contributed by atoms with E-state index in [2.05, 4.69) is 16.4 Å². The Balaban J connectivity index is 1.79. The number of aliphatic hydroxyl groups excluding tert-OH is 1. The van der Waals surface area contributed by atoms with E-state index in [9.17, 15) is 19.1 Å². The fourth-order valence-corrected chi connectivity index (χ4v) is 5.61. The van der Waals surface area contributed by atoms with E-state index in [-0.39, 0.29) is 30.4 Å². The number of halogens is 1. The topological polar surface area (TPSA) is 106 Å².